The highest BCUT2D eigenvalue weighted by Gasteiger charge is 2.41. The lowest BCUT2D eigenvalue weighted by atomic mass is 9.92. The number of aliphatic hydroxyl groups excluding tert-OH is 1. The first-order chi connectivity index (χ1) is 20.7. The van der Waals surface area contributed by atoms with Gasteiger partial charge < -0.3 is 24.1 Å². The predicted octanol–water partition coefficient (Wildman–Crippen LogP) is 3.30. The molecular formula is C29H26F2N3O8S+. The van der Waals surface area contributed by atoms with Crippen LogP contribution in [0.4, 0.5) is 13.6 Å². The lowest BCUT2D eigenvalue weighted by Crippen LogP contribution is -2.54. The van der Waals surface area contributed by atoms with E-state index in [0.717, 1.165) is 29.7 Å². The SMILES string of the molecule is COC(=O)[C@@H](C)OC(=O)Oc1c2n(c(-c3cc(F)c(F)c4c3Cc3ccccc3SC4)cc1=O)NC1COCC[N+]1=C2O. The highest BCUT2D eigenvalue weighted by atomic mass is 32.2. The molecule has 2 aromatic carbocycles. The van der Waals surface area contributed by atoms with Crippen LogP contribution in [0, 0.1) is 11.6 Å². The number of carbonyl (C=O) groups excluding carboxylic acids is 2. The van der Waals surface area contributed by atoms with Crippen molar-refractivity contribution in [2.45, 2.75) is 36.3 Å². The normalized spacial score (nSPS) is 17.7. The molecule has 11 nitrogen and oxygen atoms in total. The van der Waals surface area contributed by atoms with Crippen molar-refractivity contribution in [3.8, 4) is 17.0 Å². The number of nitrogens with zero attached hydrogens (tertiary/aromatic N) is 2. The van der Waals surface area contributed by atoms with Gasteiger partial charge in [-0.2, -0.15) is 4.58 Å². The number of esters is 1. The second kappa shape index (κ2) is 11.3. The molecule has 0 bridgehead atoms. The maximum Gasteiger partial charge on any atom is 0.514 e. The van der Waals surface area contributed by atoms with E-state index in [2.05, 4.69) is 10.2 Å². The van der Waals surface area contributed by atoms with Crippen LogP contribution in [0.5, 0.6) is 5.75 Å². The van der Waals surface area contributed by atoms with Crippen molar-refractivity contribution in [3.63, 3.8) is 0 Å². The predicted molar refractivity (Wildman–Crippen MR) is 149 cm³/mol. The quantitative estimate of drug-likeness (QED) is 0.334. The lowest BCUT2D eigenvalue weighted by molar-refractivity contribution is -0.591. The van der Waals surface area contributed by atoms with Crippen molar-refractivity contribution < 1.29 is 47.0 Å². The van der Waals surface area contributed by atoms with Crippen LogP contribution in [0.2, 0.25) is 0 Å². The number of hydrogen-bond acceptors (Lipinski definition) is 9. The van der Waals surface area contributed by atoms with E-state index in [0.29, 0.717) is 5.56 Å². The van der Waals surface area contributed by atoms with E-state index < -0.39 is 53.1 Å². The van der Waals surface area contributed by atoms with Crippen molar-refractivity contribution in [2.24, 2.45) is 0 Å². The molecule has 1 unspecified atom stereocenters. The zero-order valence-electron chi connectivity index (χ0n) is 23.0. The molecular weight excluding hydrogens is 588 g/mol. The zero-order valence-corrected chi connectivity index (χ0v) is 23.8. The molecule has 1 aromatic heterocycles. The topological polar surface area (TPSA) is 128 Å². The molecule has 0 spiro atoms. The average molecular weight is 615 g/mol. The van der Waals surface area contributed by atoms with E-state index in [1.165, 1.54) is 27.9 Å². The fraction of sp³-hybridized carbons (Fsp3) is 0.310. The van der Waals surface area contributed by atoms with Crippen LogP contribution in [-0.2, 0) is 31.2 Å². The summed E-state index contributed by atoms with van der Waals surface area (Å²) in [5, 5.41) is 11.4. The third kappa shape index (κ3) is 5.10. The summed E-state index contributed by atoms with van der Waals surface area (Å²) in [5.41, 5.74) is 3.88. The molecule has 1 fully saturated rings. The number of thioether (sulfide) groups is 1. The van der Waals surface area contributed by atoms with Gasteiger partial charge in [-0.05, 0) is 36.6 Å². The fourth-order valence-corrected chi connectivity index (χ4v) is 6.47. The maximum atomic E-state index is 15.2. The summed E-state index contributed by atoms with van der Waals surface area (Å²) in [6.07, 6.45) is -3.09. The van der Waals surface area contributed by atoms with Crippen LogP contribution in [-0.4, -0.2) is 71.5 Å². The number of aromatic nitrogens is 1. The minimum Gasteiger partial charge on any atom is -0.466 e. The van der Waals surface area contributed by atoms with E-state index in [1.807, 2.05) is 24.3 Å². The largest absolute Gasteiger partial charge is 0.514 e. The molecule has 0 radical (unpaired) electrons. The molecule has 0 aliphatic carbocycles. The standard InChI is InChI=1S/C29H25F2N3O8S/c1-14(28(37)39-2)41-29(38)42-26-21(35)11-20(34-25(26)27(36)33-7-8-40-12-23(33)32-34)17-10-19(30)24(31)18-13-43-22-6-4-3-5-15(22)9-16(17)18/h3-6,10-11,14,23,32H,7-9,12-13H2,1-2H3/p+1/t14-,23?/m1/s1. The minimum atomic E-state index is -1.39. The van der Waals surface area contributed by atoms with Crippen LogP contribution in [0.15, 0.2) is 46.1 Å². The van der Waals surface area contributed by atoms with Crippen LogP contribution in [0.25, 0.3) is 11.3 Å². The van der Waals surface area contributed by atoms with Crippen molar-refractivity contribution in [1.82, 2.24) is 4.68 Å². The van der Waals surface area contributed by atoms with Crippen molar-refractivity contribution >= 4 is 29.8 Å². The Morgan fingerprint density at radius 2 is 2.02 bits per heavy atom. The van der Waals surface area contributed by atoms with Gasteiger partial charge in [0.05, 0.1) is 12.8 Å². The van der Waals surface area contributed by atoms with Gasteiger partial charge in [-0.25, -0.2) is 23.0 Å². The van der Waals surface area contributed by atoms with Gasteiger partial charge in [-0.15, -0.1) is 11.8 Å². The molecule has 3 aliphatic heterocycles. The second-order valence-corrected chi connectivity index (χ2v) is 11.0. The number of hydrogen-bond donors (Lipinski definition) is 2. The van der Waals surface area contributed by atoms with Gasteiger partial charge in [0.1, 0.15) is 13.2 Å². The smallest absolute Gasteiger partial charge is 0.466 e. The summed E-state index contributed by atoms with van der Waals surface area (Å²) < 4.78 is 53.5. The number of benzene rings is 2. The molecule has 14 heteroatoms. The Morgan fingerprint density at radius 3 is 2.81 bits per heavy atom. The van der Waals surface area contributed by atoms with E-state index in [4.69, 9.17) is 14.2 Å². The van der Waals surface area contributed by atoms with Gasteiger partial charge >= 0.3 is 18.0 Å². The number of nitrogens with one attached hydrogen (secondary N) is 1. The molecule has 224 valence electrons. The number of morpholine rings is 1. The summed E-state index contributed by atoms with van der Waals surface area (Å²) in [5.74, 6) is -3.79. The second-order valence-electron chi connectivity index (χ2n) is 10.0. The van der Waals surface area contributed by atoms with Gasteiger partial charge in [0, 0.05) is 27.8 Å². The Labute approximate surface area is 247 Å². The number of ether oxygens (including phenoxy) is 4. The Hall–Kier alpha value is -4.43. The Bertz CT molecular complexity index is 1760. The fourth-order valence-electron chi connectivity index (χ4n) is 5.37. The summed E-state index contributed by atoms with van der Waals surface area (Å²) in [4.78, 5) is 38.8. The molecule has 0 saturated carbocycles. The highest BCUT2D eigenvalue weighted by molar-refractivity contribution is 7.98. The van der Waals surface area contributed by atoms with Gasteiger partial charge in [0.25, 0.3) is 6.17 Å². The molecule has 6 rings (SSSR count). The van der Waals surface area contributed by atoms with Crippen molar-refractivity contribution in [3.05, 3.63) is 80.6 Å². The lowest BCUT2D eigenvalue weighted by Gasteiger charge is -2.31. The number of fused-ring (bicyclic) bond motifs is 4. The van der Waals surface area contributed by atoms with Gasteiger partial charge in [0.2, 0.25) is 16.9 Å². The first-order valence-electron chi connectivity index (χ1n) is 13.3. The molecule has 3 aromatic rings. The van der Waals surface area contributed by atoms with Gasteiger partial charge in [-0.1, -0.05) is 18.2 Å². The van der Waals surface area contributed by atoms with E-state index in [-0.39, 0.29) is 54.4 Å². The van der Waals surface area contributed by atoms with E-state index in [9.17, 15) is 19.5 Å². The molecule has 4 heterocycles. The summed E-state index contributed by atoms with van der Waals surface area (Å²) >= 11 is 1.38. The Balaban J connectivity index is 1.54. The third-order valence-electron chi connectivity index (χ3n) is 7.48. The molecule has 0 amide bonds. The summed E-state index contributed by atoms with van der Waals surface area (Å²) in [6.45, 7) is 1.91. The Morgan fingerprint density at radius 1 is 1.23 bits per heavy atom. The first kappa shape index (κ1) is 28.7. The molecule has 2 N–H and O–H groups in total. The highest BCUT2D eigenvalue weighted by Crippen LogP contribution is 2.40. The van der Waals surface area contributed by atoms with E-state index in [1.54, 1.807) is 0 Å². The minimum absolute atomic E-state index is 0.0972. The number of aliphatic hydroxyl groups is 1. The van der Waals surface area contributed by atoms with Gasteiger partial charge in [-0.3, -0.25) is 10.2 Å². The first-order valence-corrected chi connectivity index (χ1v) is 14.3. The number of pyridine rings is 1. The number of halogens is 2. The average Bonchev–Trinajstić information content (AvgIpc) is 3.20. The molecule has 2 atom stereocenters. The molecule has 3 aliphatic rings. The van der Waals surface area contributed by atoms with Gasteiger partial charge in [0.15, 0.2) is 24.3 Å². The van der Waals surface area contributed by atoms with Crippen LogP contribution in [0.3, 0.4) is 0 Å². The maximum absolute atomic E-state index is 15.2. The van der Waals surface area contributed by atoms with Crippen molar-refractivity contribution in [1.29, 1.82) is 0 Å². The van der Waals surface area contributed by atoms with E-state index >= 15 is 8.78 Å². The number of carbonyl (C=O) groups is 2. The zero-order chi connectivity index (χ0) is 30.4. The Kier molecular flexibility index (Phi) is 7.56. The summed E-state index contributed by atoms with van der Waals surface area (Å²) in [6, 6.07) is 9.65. The summed E-state index contributed by atoms with van der Waals surface area (Å²) in [7, 11) is 1.11. The third-order valence-corrected chi connectivity index (χ3v) is 8.62. The monoisotopic (exact) mass is 614 g/mol. The molecule has 1 saturated heterocycles. The molecule has 43 heavy (non-hydrogen) atoms. The number of rotatable bonds is 4. The van der Waals surface area contributed by atoms with Crippen molar-refractivity contribution in [2.75, 3.05) is 32.3 Å². The number of methoxy groups -OCH3 is 1. The van der Waals surface area contributed by atoms with Crippen LogP contribution >= 0.6 is 11.8 Å². The van der Waals surface area contributed by atoms with Crippen LogP contribution in [0.1, 0.15) is 29.3 Å². The van der Waals surface area contributed by atoms with Crippen LogP contribution < -0.4 is 15.6 Å².